The molecule has 0 fully saturated rings. The second kappa shape index (κ2) is 7.50. The quantitative estimate of drug-likeness (QED) is 0.341. The summed E-state index contributed by atoms with van der Waals surface area (Å²) in [5.41, 5.74) is 5.23. The average Bonchev–Trinajstić information content (AvgIpc) is 2.69. The number of benzene rings is 3. The predicted molar refractivity (Wildman–Crippen MR) is 127 cm³/mol. The highest BCUT2D eigenvalue weighted by molar-refractivity contribution is 5.86. The van der Waals surface area contributed by atoms with Crippen LogP contribution in [0.1, 0.15) is 59.4 Å². The second-order valence-corrected chi connectivity index (χ2v) is 10.6. The van der Waals surface area contributed by atoms with Gasteiger partial charge in [0.2, 0.25) is 0 Å². The van der Waals surface area contributed by atoms with Gasteiger partial charge in [-0.3, -0.25) is 0 Å². The summed E-state index contributed by atoms with van der Waals surface area (Å²) in [4.78, 5) is 2.30. The lowest BCUT2D eigenvalue weighted by Crippen LogP contribution is -2.24. The van der Waals surface area contributed by atoms with Crippen LogP contribution >= 0.6 is 0 Å². The van der Waals surface area contributed by atoms with E-state index in [1.54, 1.807) is 0 Å². The zero-order valence-corrected chi connectivity index (χ0v) is 19.1. The third-order valence-electron chi connectivity index (χ3n) is 5.85. The van der Waals surface area contributed by atoms with Crippen LogP contribution in [0.5, 0.6) is 11.5 Å². The molecule has 0 spiro atoms. The summed E-state index contributed by atoms with van der Waals surface area (Å²) in [6.07, 6.45) is 1.17. The molecule has 0 radical (unpaired) electrons. The molecule has 1 atom stereocenters. The van der Waals surface area contributed by atoms with Crippen LogP contribution in [0.2, 0.25) is 0 Å². The van der Waals surface area contributed by atoms with E-state index in [2.05, 4.69) is 95.0 Å². The number of hydrogen-bond acceptors (Lipinski definition) is 2. The first kappa shape index (κ1) is 20.5. The van der Waals surface area contributed by atoms with Crippen molar-refractivity contribution < 1.29 is 4.74 Å². The fraction of sp³-hybridized carbons (Fsp3) is 0.357. The van der Waals surface area contributed by atoms with Crippen LogP contribution in [0.15, 0.2) is 72.8 Å². The highest BCUT2D eigenvalue weighted by Crippen LogP contribution is 2.50. The molecule has 2 heteroatoms. The minimum Gasteiger partial charge on any atom is -0.453 e. The van der Waals surface area contributed by atoms with Crippen molar-refractivity contribution in [2.24, 2.45) is 10.8 Å². The van der Waals surface area contributed by atoms with E-state index in [1.165, 1.54) is 12.0 Å². The van der Waals surface area contributed by atoms with Gasteiger partial charge < -0.3 is 9.64 Å². The van der Waals surface area contributed by atoms with Gasteiger partial charge in [-0.1, -0.05) is 77.9 Å². The van der Waals surface area contributed by atoms with E-state index in [9.17, 15) is 0 Å². The third kappa shape index (κ3) is 4.09. The number of hydrogen-bond donors (Lipinski definition) is 0. The number of fused-ring (bicyclic) bond motifs is 2. The summed E-state index contributed by atoms with van der Waals surface area (Å²) < 4.78 is 6.15. The zero-order valence-electron chi connectivity index (χ0n) is 19.1. The average molecular weight is 400 g/mol. The van der Waals surface area contributed by atoms with Crippen molar-refractivity contribution in [1.29, 1.82) is 0 Å². The summed E-state index contributed by atoms with van der Waals surface area (Å²) in [7, 11) is 0. The topological polar surface area (TPSA) is 12.5 Å². The first-order valence-electron chi connectivity index (χ1n) is 10.9. The third-order valence-corrected chi connectivity index (χ3v) is 5.85. The van der Waals surface area contributed by atoms with Crippen molar-refractivity contribution in [2.45, 2.75) is 53.9 Å². The Morgan fingerprint density at radius 1 is 0.700 bits per heavy atom. The molecule has 0 saturated carbocycles. The van der Waals surface area contributed by atoms with Gasteiger partial charge in [0.1, 0.15) is 0 Å². The van der Waals surface area contributed by atoms with E-state index >= 15 is 0 Å². The highest BCUT2D eigenvalue weighted by Gasteiger charge is 2.31. The molecule has 30 heavy (non-hydrogen) atoms. The number of nitrogens with zero attached hydrogens (tertiary/aromatic N) is 1. The standard InChI is InChI=1S/C28H33NO/c1-27(2,3)19-22(28(4,5)6)20-15-17-21(18-16-20)29-23-11-7-9-13-25(23)30-26-14-10-8-12-24(26)29/h7-18,22H,19H2,1-6H3. The first-order chi connectivity index (χ1) is 14.1. The smallest absolute Gasteiger partial charge is 0.151 e. The van der Waals surface area contributed by atoms with Crippen LogP contribution in [-0.2, 0) is 0 Å². The van der Waals surface area contributed by atoms with Gasteiger partial charge in [-0.25, -0.2) is 0 Å². The lowest BCUT2D eigenvalue weighted by molar-refractivity contribution is 0.229. The molecule has 0 bridgehead atoms. The minimum atomic E-state index is 0.215. The van der Waals surface area contributed by atoms with E-state index in [4.69, 9.17) is 4.74 Å². The van der Waals surface area contributed by atoms with Gasteiger partial charge in [0, 0.05) is 5.69 Å². The van der Waals surface area contributed by atoms with E-state index in [0.29, 0.717) is 11.3 Å². The molecule has 3 aromatic carbocycles. The van der Waals surface area contributed by atoms with Gasteiger partial charge in [0.15, 0.2) is 11.5 Å². The summed E-state index contributed by atoms with van der Waals surface area (Å²) in [5, 5.41) is 0. The SMILES string of the molecule is CC(C)(C)CC(c1ccc(N2c3ccccc3Oc3ccccc32)cc1)C(C)(C)C. The maximum atomic E-state index is 6.15. The fourth-order valence-corrected chi connectivity index (χ4v) is 4.37. The predicted octanol–water partition coefficient (Wildman–Crippen LogP) is 8.83. The van der Waals surface area contributed by atoms with Crippen molar-refractivity contribution in [2.75, 3.05) is 4.90 Å². The van der Waals surface area contributed by atoms with Crippen LogP contribution in [0.4, 0.5) is 17.1 Å². The fourth-order valence-electron chi connectivity index (χ4n) is 4.37. The molecule has 0 aromatic heterocycles. The van der Waals surface area contributed by atoms with Gasteiger partial charge in [-0.2, -0.15) is 0 Å². The van der Waals surface area contributed by atoms with Gasteiger partial charge in [-0.05, 0) is 65.1 Å². The van der Waals surface area contributed by atoms with Crippen LogP contribution in [0, 0.1) is 10.8 Å². The van der Waals surface area contributed by atoms with E-state index in [0.717, 1.165) is 28.6 Å². The number of ether oxygens (including phenoxy) is 1. The lowest BCUT2D eigenvalue weighted by atomic mass is 9.69. The van der Waals surface area contributed by atoms with Crippen molar-refractivity contribution in [1.82, 2.24) is 0 Å². The van der Waals surface area contributed by atoms with Crippen LogP contribution < -0.4 is 9.64 Å². The normalized spacial score (nSPS) is 14.5. The molecule has 156 valence electrons. The summed E-state index contributed by atoms with van der Waals surface area (Å²) in [6, 6.07) is 25.6. The molecule has 0 amide bonds. The number of para-hydroxylation sites is 4. The van der Waals surface area contributed by atoms with E-state index < -0.39 is 0 Å². The van der Waals surface area contributed by atoms with Crippen LogP contribution in [-0.4, -0.2) is 0 Å². The molecular weight excluding hydrogens is 366 g/mol. The van der Waals surface area contributed by atoms with Gasteiger partial charge in [0.25, 0.3) is 0 Å². The summed E-state index contributed by atoms with van der Waals surface area (Å²) >= 11 is 0. The number of rotatable bonds is 3. The second-order valence-electron chi connectivity index (χ2n) is 10.6. The van der Waals surface area contributed by atoms with Crippen molar-refractivity contribution >= 4 is 17.1 Å². The largest absolute Gasteiger partial charge is 0.453 e. The Hall–Kier alpha value is -2.74. The van der Waals surface area contributed by atoms with Crippen LogP contribution in [0.25, 0.3) is 0 Å². The number of anilines is 3. The Balaban J connectivity index is 1.75. The zero-order chi connectivity index (χ0) is 21.5. The molecular formula is C28H33NO. The maximum Gasteiger partial charge on any atom is 0.151 e. The summed E-state index contributed by atoms with van der Waals surface area (Å²) in [5.74, 6) is 2.29. The van der Waals surface area contributed by atoms with E-state index in [1.807, 2.05) is 24.3 Å². The molecule has 4 rings (SSSR count). The van der Waals surface area contributed by atoms with Gasteiger partial charge in [-0.15, -0.1) is 0 Å². The van der Waals surface area contributed by atoms with Gasteiger partial charge in [0.05, 0.1) is 11.4 Å². The molecule has 1 unspecified atom stereocenters. The molecule has 0 aliphatic carbocycles. The minimum absolute atomic E-state index is 0.215. The Morgan fingerprint density at radius 2 is 1.20 bits per heavy atom. The molecule has 1 heterocycles. The molecule has 1 aliphatic rings. The molecule has 3 aromatic rings. The van der Waals surface area contributed by atoms with Gasteiger partial charge >= 0.3 is 0 Å². The summed E-state index contributed by atoms with van der Waals surface area (Å²) in [6.45, 7) is 14.1. The Labute approximate surface area is 181 Å². The van der Waals surface area contributed by atoms with Crippen molar-refractivity contribution in [3.8, 4) is 11.5 Å². The van der Waals surface area contributed by atoms with Crippen molar-refractivity contribution in [3.05, 3.63) is 78.4 Å². The Bertz CT molecular complexity index is 976. The lowest BCUT2D eigenvalue weighted by Gasteiger charge is -2.37. The monoisotopic (exact) mass is 399 g/mol. The Kier molecular flexibility index (Phi) is 5.13. The van der Waals surface area contributed by atoms with E-state index in [-0.39, 0.29) is 5.41 Å². The van der Waals surface area contributed by atoms with Crippen molar-refractivity contribution in [3.63, 3.8) is 0 Å². The molecule has 2 nitrogen and oxygen atoms in total. The highest BCUT2D eigenvalue weighted by atomic mass is 16.5. The molecule has 0 saturated heterocycles. The first-order valence-corrected chi connectivity index (χ1v) is 10.9. The molecule has 0 N–H and O–H groups in total. The maximum absolute atomic E-state index is 6.15. The Morgan fingerprint density at radius 3 is 1.67 bits per heavy atom. The molecule has 1 aliphatic heterocycles. The van der Waals surface area contributed by atoms with Crippen LogP contribution in [0.3, 0.4) is 0 Å².